The lowest BCUT2D eigenvalue weighted by molar-refractivity contribution is -0.765. The Balaban J connectivity index is 1.55. The first-order valence-corrected chi connectivity index (χ1v) is 14.2. The Labute approximate surface area is 246 Å². The zero-order chi connectivity index (χ0) is 30.9. The van der Waals surface area contributed by atoms with Crippen molar-refractivity contribution in [3.05, 3.63) is 23.3 Å². The zero-order valence-electron chi connectivity index (χ0n) is 22.7. The molecule has 2 aliphatic heterocycles. The minimum atomic E-state index is -1.80. The number of β-lactam (4-membered cyclic amide) rings is 1. The van der Waals surface area contributed by atoms with Gasteiger partial charge in [-0.2, -0.15) is 9.36 Å². The maximum Gasteiger partial charge on any atom is 0.352 e. The second-order valence-corrected chi connectivity index (χ2v) is 11.6. The lowest BCUT2D eigenvalue weighted by Crippen LogP contribution is -2.71. The van der Waals surface area contributed by atoms with E-state index in [1.807, 2.05) is 0 Å². The molecule has 4 rings (SSSR count). The molecule has 0 aromatic carbocycles. The van der Waals surface area contributed by atoms with Gasteiger partial charge in [0.1, 0.15) is 22.8 Å². The number of fused-ring (bicyclic) bond motifs is 1. The predicted octanol–water partition coefficient (Wildman–Crippen LogP) is -2.28. The number of carboxylic acids is 2. The number of hydrogen-bond acceptors (Lipinski definition) is 14. The fraction of sp³-hybridized carbons (Fsp3) is 0.455. The summed E-state index contributed by atoms with van der Waals surface area (Å²) >= 11 is 2.04. The average molecular weight is 625 g/mol. The monoisotopic (exact) mass is 624 g/mol. The van der Waals surface area contributed by atoms with Gasteiger partial charge in [-0.1, -0.05) is 5.16 Å². The van der Waals surface area contributed by atoms with Crippen LogP contribution < -0.4 is 32.5 Å². The van der Waals surface area contributed by atoms with E-state index in [9.17, 15) is 29.4 Å². The number of hydrogen-bond donors (Lipinski definition) is 7. The van der Waals surface area contributed by atoms with Gasteiger partial charge in [0.15, 0.2) is 17.5 Å². The van der Waals surface area contributed by atoms with E-state index in [2.05, 4.69) is 25.1 Å². The molecule has 2 aromatic heterocycles. The number of nitrogens with zero attached hydrogens (tertiary/aromatic N) is 6. The SMILES string of the molecule is Cn1c(N)c(NCCN)c[n+]1CC1=C(C(=O)O)N2C(=O)[C@@H](NC(=O)/C(=N\OC(C)(C)C(=O)O)c3nsc(N)n3)[C@H]2SC1. The second-order valence-electron chi connectivity index (χ2n) is 9.69. The quantitative estimate of drug-likeness (QED) is 0.0568. The van der Waals surface area contributed by atoms with E-state index >= 15 is 0 Å². The molecule has 2 aromatic rings. The summed E-state index contributed by atoms with van der Waals surface area (Å²) in [7, 11) is 1.72. The summed E-state index contributed by atoms with van der Waals surface area (Å²) in [6, 6.07) is -1.11. The Morgan fingerprint density at radius 1 is 1.31 bits per heavy atom. The molecule has 1 fully saturated rings. The number of rotatable bonds is 12. The van der Waals surface area contributed by atoms with Crippen molar-refractivity contribution in [1.82, 2.24) is 24.3 Å². The molecule has 4 heterocycles. The van der Waals surface area contributed by atoms with Crippen LogP contribution in [0.25, 0.3) is 0 Å². The number of carbonyl (C=O) groups excluding carboxylic acids is 2. The number of nitrogens with two attached hydrogens (primary N) is 3. The predicted molar refractivity (Wildman–Crippen MR) is 151 cm³/mol. The summed E-state index contributed by atoms with van der Waals surface area (Å²) in [5.41, 5.74) is 15.9. The summed E-state index contributed by atoms with van der Waals surface area (Å²) in [4.78, 5) is 60.2. The summed E-state index contributed by atoms with van der Waals surface area (Å²) in [6.07, 6.45) is 1.73. The second kappa shape index (κ2) is 11.8. The largest absolute Gasteiger partial charge is 0.478 e. The molecular formula is C22H30N11O7S2+. The topological polar surface area (TPSA) is 270 Å². The Morgan fingerprint density at radius 2 is 2.02 bits per heavy atom. The molecule has 10 N–H and O–H groups in total. The van der Waals surface area contributed by atoms with E-state index in [4.69, 9.17) is 22.0 Å². The van der Waals surface area contributed by atoms with Gasteiger partial charge >= 0.3 is 11.9 Å². The molecule has 0 spiro atoms. The maximum absolute atomic E-state index is 13.2. The van der Waals surface area contributed by atoms with E-state index in [0.717, 1.165) is 16.4 Å². The van der Waals surface area contributed by atoms with Gasteiger partial charge in [0.25, 0.3) is 11.8 Å². The van der Waals surface area contributed by atoms with Crippen LogP contribution in [0, 0.1) is 0 Å². The van der Waals surface area contributed by atoms with Gasteiger partial charge in [-0.15, -0.1) is 21.1 Å². The van der Waals surface area contributed by atoms with Crippen molar-refractivity contribution in [3.8, 4) is 0 Å². The number of carboxylic acid groups (broad SMARTS) is 2. The Hall–Kier alpha value is -4.43. The molecule has 0 bridgehead atoms. The lowest BCUT2D eigenvalue weighted by atomic mass is 10.0. The van der Waals surface area contributed by atoms with Gasteiger partial charge < -0.3 is 42.9 Å². The molecule has 2 atom stereocenters. The van der Waals surface area contributed by atoms with Crippen molar-refractivity contribution in [2.45, 2.75) is 37.4 Å². The van der Waals surface area contributed by atoms with Crippen molar-refractivity contribution in [3.63, 3.8) is 0 Å². The Kier molecular flexibility index (Phi) is 8.59. The normalized spacial score (nSPS) is 18.8. The van der Waals surface area contributed by atoms with Gasteiger partial charge in [-0.3, -0.25) is 14.5 Å². The molecule has 0 saturated carbocycles. The minimum Gasteiger partial charge on any atom is -0.478 e. The van der Waals surface area contributed by atoms with Crippen molar-refractivity contribution in [1.29, 1.82) is 0 Å². The average Bonchev–Trinajstić information content (AvgIpc) is 3.47. The van der Waals surface area contributed by atoms with Gasteiger partial charge in [0, 0.05) is 35.9 Å². The van der Waals surface area contributed by atoms with Gasteiger partial charge in [0.2, 0.25) is 23.3 Å². The van der Waals surface area contributed by atoms with Gasteiger partial charge in [0.05, 0.1) is 7.05 Å². The van der Waals surface area contributed by atoms with Crippen LogP contribution in [0.4, 0.5) is 16.6 Å². The fourth-order valence-electron chi connectivity index (χ4n) is 4.03. The van der Waals surface area contributed by atoms with E-state index in [1.165, 1.54) is 25.6 Å². The maximum atomic E-state index is 13.2. The molecule has 2 amide bonds. The highest BCUT2D eigenvalue weighted by atomic mass is 32.2. The first kappa shape index (κ1) is 30.5. The van der Waals surface area contributed by atoms with Crippen LogP contribution in [0.1, 0.15) is 19.7 Å². The first-order chi connectivity index (χ1) is 19.8. The first-order valence-electron chi connectivity index (χ1n) is 12.4. The van der Waals surface area contributed by atoms with Crippen molar-refractivity contribution in [2.24, 2.45) is 17.9 Å². The summed E-state index contributed by atoms with van der Waals surface area (Å²) < 4.78 is 7.29. The number of aromatic nitrogens is 4. The standard InChI is InChI=1S/C22H29N11O7S2/c1-22(2,20(38)39)40-29-11(15-28-21(25)42-30-15)16(34)27-12-17(35)33-13(19(36)37)9(8-41-18(12)33)6-32-7-10(26-5-4-23)14(24)31(32)3/h7,12,18,24,26H,4-6,8,23H2,1-3H3,(H5,25,27,28,30,34,36,37,38,39)/p+1/b29-11-/t12-,18-/m1/s1. The molecular weight excluding hydrogens is 594 g/mol. The number of thioether (sulfide) groups is 1. The van der Waals surface area contributed by atoms with Crippen LogP contribution in [0.5, 0.6) is 0 Å². The molecule has 1 saturated heterocycles. The highest BCUT2D eigenvalue weighted by Crippen LogP contribution is 2.40. The van der Waals surface area contributed by atoms with Gasteiger partial charge in [-0.25, -0.2) is 9.59 Å². The lowest BCUT2D eigenvalue weighted by Gasteiger charge is -2.49. The number of nitrogen functional groups attached to an aromatic ring is 2. The molecule has 0 radical (unpaired) electrons. The van der Waals surface area contributed by atoms with E-state index < -0.39 is 46.5 Å². The van der Waals surface area contributed by atoms with Crippen LogP contribution >= 0.6 is 23.3 Å². The van der Waals surface area contributed by atoms with Crippen molar-refractivity contribution in [2.75, 3.05) is 35.6 Å². The van der Waals surface area contributed by atoms with Crippen LogP contribution in [0.3, 0.4) is 0 Å². The molecule has 20 heteroatoms. The van der Waals surface area contributed by atoms with Crippen LogP contribution in [0.2, 0.25) is 0 Å². The Morgan fingerprint density at radius 3 is 2.62 bits per heavy atom. The smallest absolute Gasteiger partial charge is 0.352 e. The number of carbonyl (C=O) groups is 4. The summed E-state index contributed by atoms with van der Waals surface area (Å²) in [6.45, 7) is 3.47. The number of aliphatic carboxylic acids is 2. The molecule has 18 nitrogen and oxygen atoms in total. The Bertz CT molecular complexity index is 1500. The van der Waals surface area contributed by atoms with Crippen LogP contribution in [0.15, 0.2) is 22.6 Å². The number of oxime groups is 1. The van der Waals surface area contributed by atoms with Crippen LogP contribution in [-0.2, 0) is 37.6 Å². The highest BCUT2D eigenvalue weighted by molar-refractivity contribution is 8.00. The third-order valence-electron chi connectivity index (χ3n) is 6.39. The van der Waals surface area contributed by atoms with Crippen LogP contribution in [-0.4, -0.2) is 94.5 Å². The fourth-order valence-corrected chi connectivity index (χ4v) is 5.80. The van der Waals surface area contributed by atoms with E-state index in [1.54, 1.807) is 22.6 Å². The highest BCUT2D eigenvalue weighted by Gasteiger charge is 2.55. The minimum absolute atomic E-state index is 0.0145. The van der Waals surface area contributed by atoms with Crippen molar-refractivity contribution >= 4 is 69.4 Å². The summed E-state index contributed by atoms with van der Waals surface area (Å²) in [5, 5.41) is 27.9. The molecule has 0 aliphatic carbocycles. The van der Waals surface area contributed by atoms with E-state index in [0.29, 0.717) is 30.2 Å². The zero-order valence-corrected chi connectivity index (χ0v) is 24.4. The number of anilines is 3. The third kappa shape index (κ3) is 5.81. The summed E-state index contributed by atoms with van der Waals surface area (Å²) in [5.74, 6) is -3.80. The number of nitrogens with one attached hydrogen (secondary N) is 2. The van der Waals surface area contributed by atoms with Gasteiger partial charge in [-0.05, 0) is 13.8 Å². The molecule has 226 valence electrons. The molecule has 0 unspecified atom stereocenters. The van der Waals surface area contributed by atoms with Crippen molar-refractivity contribution < 1.29 is 38.9 Å². The molecule has 2 aliphatic rings. The van der Waals surface area contributed by atoms with E-state index in [-0.39, 0.29) is 29.0 Å². The third-order valence-corrected chi connectivity index (χ3v) is 8.27. The number of amides is 2. The molecule has 42 heavy (non-hydrogen) atoms.